The van der Waals surface area contributed by atoms with E-state index in [1.807, 2.05) is 39.0 Å². The highest BCUT2D eigenvalue weighted by molar-refractivity contribution is 7.80. The summed E-state index contributed by atoms with van der Waals surface area (Å²) in [4.78, 5) is 24.1. The molecule has 0 spiro atoms. The first kappa shape index (κ1) is 22.2. The van der Waals surface area contributed by atoms with Crippen LogP contribution in [0.5, 0.6) is 11.5 Å². The normalized spacial score (nSPS) is 10.0. The number of para-hydroxylation sites is 1. The first-order chi connectivity index (χ1) is 13.9. The van der Waals surface area contributed by atoms with Crippen molar-refractivity contribution in [3.8, 4) is 11.5 Å². The van der Waals surface area contributed by atoms with E-state index in [4.69, 9.17) is 21.7 Å². The average Bonchev–Trinajstić information content (AvgIpc) is 2.70. The van der Waals surface area contributed by atoms with Crippen LogP contribution in [0.3, 0.4) is 0 Å². The third-order valence-electron chi connectivity index (χ3n) is 3.89. The quantitative estimate of drug-likeness (QED) is 0.476. The Kier molecular flexibility index (Phi) is 8.42. The molecule has 0 fully saturated rings. The zero-order valence-electron chi connectivity index (χ0n) is 16.7. The summed E-state index contributed by atoms with van der Waals surface area (Å²) in [5, 5.41) is 2.47. The number of carbonyl (C=O) groups is 2. The zero-order valence-corrected chi connectivity index (χ0v) is 17.5. The Balaban J connectivity index is 1.75. The number of aryl methyl sites for hydroxylation is 2. The molecular formula is C21H25N3O4S. The third kappa shape index (κ3) is 7.08. The lowest BCUT2D eigenvalue weighted by atomic mass is 10.1. The molecule has 154 valence electrons. The second kappa shape index (κ2) is 11.0. The second-order valence-corrected chi connectivity index (χ2v) is 6.75. The molecule has 0 saturated heterocycles. The van der Waals surface area contributed by atoms with Gasteiger partial charge in [-0.15, -0.1) is 0 Å². The molecular weight excluding hydrogens is 390 g/mol. The predicted octanol–water partition coefficient (Wildman–Crippen LogP) is 2.81. The SMILES string of the molecule is CCCOc1ccc(C(=O)NC(=S)NNC(=O)COc2c(C)cccc2C)cc1. The maximum atomic E-state index is 12.2. The molecule has 0 aliphatic carbocycles. The minimum Gasteiger partial charge on any atom is -0.494 e. The van der Waals surface area contributed by atoms with Crippen LogP contribution in [0.25, 0.3) is 0 Å². The molecule has 8 heteroatoms. The molecule has 0 aliphatic heterocycles. The number of rotatable bonds is 7. The van der Waals surface area contributed by atoms with E-state index in [0.29, 0.717) is 23.7 Å². The number of nitrogens with one attached hydrogen (secondary N) is 3. The molecule has 0 aliphatic rings. The molecule has 0 atom stereocenters. The zero-order chi connectivity index (χ0) is 21.2. The highest BCUT2D eigenvalue weighted by atomic mass is 32.1. The predicted molar refractivity (Wildman–Crippen MR) is 115 cm³/mol. The van der Waals surface area contributed by atoms with Crippen molar-refractivity contribution in [1.29, 1.82) is 0 Å². The molecule has 2 amide bonds. The number of benzene rings is 2. The Morgan fingerprint density at radius 1 is 0.966 bits per heavy atom. The summed E-state index contributed by atoms with van der Waals surface area (Å²) < 4.78 is 11.0. The van der Waals surface area contributed by atoms with Crippen LogP contribution in [0.2, 0.25) is 0 Å². The van der Waals surface area contributed by atoms with Crippen molar-refractivity contribution in [2.45, 2.75) is 27.2 Å². The molecule has 2 rings (SSSR count). The van der Waals surface area contributed by atoms with E-state index in [1.165, 1.54) is 0 Å². The van der Waals surface area contributed by atoms with Crippen LogP contribution in [0, 0.1) is 13.8 Å². The Hall–Kier alpha value is -3.13. The van der Waals surface area contributed by atoms with Gasteiger partial charge in [0.05, 0.1) is 6.61 Å². The van der Waals surface area contributed by atoms with Gasteiger partial charge >= 0.3 is 0 Å². The van der Waals surface area contributed by atoms with Gasteiger partial charge in [0.25, 0.3) is 11.8 Å². The molecule has 7 nitrogen and oxygen atoms in total. The maximum absolute atomic E-state index is 12.2. The van der Waals surface area contributed by atoms with Crippen LogP contribution in [-0.4, -0.2) is 30.1 Å². The average molecular weight is 416 g/mol. The van der Waals surface area contributed by atoms with E-state index in [2.05, 4.69) is 16.2 Å². The van der Waals surface area contributed by atoms with Crippen LogP contribution < -0.4 is 25.6 Å². The van der Waals surface area contributed by atoms with Crippen LogP contribution in [0.1, 0.15) is 34.8 Å². The number of ether oxygens (including phenoxy) is 2. The van der Waals surface area contributed by atoms with E-state index in [-0.39, 0.29) is 11.7 Å². The Morgan fingerprint density at radius 3 is 2.24 bits per heavy atom. The van der Waals surface area contributed by atoms with E-state index in [1.54, 1.807) is 24.3 Å². The number of carbonyl (C=O) groups excluding carboxylic acids is 2. The van der Waals surface area contributed by atoms with Gasteiger partial charge in [0.15, 0.2) is 11.7 Å². The number of thiocarbonyl (C=S) groups is 1. The van der Waals surface area contributed by atoms with Crippen LogP contribution in [-0.2, 0) is 4.79 Å². The lowest BCUT2D eigenvalue weighted by molar-refractivity contribution is -0.123. The summed E-state index contributed by atoms with van der Waals surface area (Å²) in [7, 11) is 0. The molecule has 0 radical (unpaired) electrons. The molecule has 29 heavy (non-hydrogen) atoms. The van der Waals surface area contributed by atoms with Crippen LogP contribution in [0.15, 0.2) is 42.5 Å². The first-order valence-corrected chi connectivity index (χ1v) is 9.63. The molecule has 0 heterocycles. The van der Waals surface area contributed by atoms with E-state index < -0.39 is 11.8 Å². The highest BCUT2D eigenvalue weighted by Crippen LogP contribution is 2.21. The molecule has 0 aromatic heterocycles. The van der Waals surface area contributed by atoms with Crippen molar-refractivity contribution in [1.82, 2.24) is 16.2 Å². The van der Waals surface area contributed by atoms with Crippen molar-refractivity contribution < 1.29 is 19.1 Å². The largest absolute Gasteiger partial charge is 0.494 e. The summed E-state index contributed by atoms with van der Waals surface area (Å²) >= 11 is 5.03. The second-order valence-electron chi connectivity index (χ2n) is 6.34. The van der Waals surface area contributed by atoms with Crippen molar-refractivity contribution in [2.75, 3.05) is 13.2 Å². The standard InChI is InChI=1S/C21H25N3O4S/c1-4-12-27-17-10-8-16(9-11-17)20(26)22-21(29)24-23-18(25)13-28-19-14(2)6-5-7-15(19)3/h5-11H,4,12-13H2,1-3H3,(H,23,25)(H2,22,24,26,29). The topological polar surface area (TPSA) is 88.7 Å². The van der Waals surface area contributed by atoms with Gasteiger partial charge in [0, 0.05) is 5.56 Å². The summed E-state index contributed by atoms with van der Waals surface area (Å²) in [6, 6.07) is 12.4. The molecule has 2 aromatic rings. The number of amides is 2. The lowest BCUT2D eigenvalue weighted by Gasteiger charge is -2.13. The molecule has 0 unspecified atom stereocenters. The fraction of sp³-hybridized carbons (Fsp3) is 0.286. The minimum atomic E-state index is -0.429. The highest BCUT2D eigenvalue weighted by Gasteiger charge is 2.10. The summed E-state index contributed by atoms with van der Waals surface area (Å²) in [5.74, 6) is 0.539. The van der Waals surface area contributed by atoms with Crippen LogP contribution >= 0.6 is 12.2 Å². The number of hydrogen-bond acceptors (Lipinski definition) is 5. The van der Waals surface area contributed by atoms with Gasteiger partial charge in [-0.05, 0) is 67.9 Å². The van der Waals surface area contributed by atoms with Gasteiger partial charge < -0.3 is 9.47 Å². The first-order valence-electron chi connectivity index (χ1n) is 9.22. The summed E-state index contributed by atoms with van der Waals surface area (Å²) in [5.41, 5.74) is 7.18. The molecule has 3 N–H and O–H groups in total. The van der Waals surface area contributed by atoms with Gasteiger partial charge in [0.1, 0.15) is 11.5 Å². The van der Waals surface area contributed by atoms with Gasteiger partial charge in [-0.3, -0.25) is 25.8 Å². The van der Waals surface area contributed by atoms with Crippen molar-refractivity contribution in [3.05, 3.63) is 59.2 Å². The Morgan fingerprint density at radius 2 is 1.62 bits per heavy atom. The summed E-state index contributed by atoms with van der Waals surface area (Å²) in [6.45, 7) is 6.27. The van der Waals surface area contributed by atoms with Crippen molar-refractivity contribution >= 4 is 29.1 Å². The Bertz CT molecular complexity index is 848. The third-order valence-corrected chi connectivity index (χ3v) is 4.09. The van der Waals surface area contributed by atoms with Gasteiger partial charge in [-0.2, -0.15) is 0 Å². The smallest absolute Gasteiger partial charge is 0.276 e. The fourth-order valence-corrected chi connectivity index (χ4v) is 2.60. The van der Waals surface area contributed by atoms with Gasteiger partial charge in [-0.1, -0.05) is 25.1 Å². The van der Waals surface area contributed by atoms with Gasteiger partial charge in [0.2, 0.25) is 0 Å². The molecule has 0 bridgehead atoms. The number of hydrogen-bond donors (Lipinski definition) is 3. The molecule has 2 aromatic carbocycles. The lowest BCUT2D eigenvalue weighted by Crippen LogP contribution is -2.49. The van der Waals surface area contributed by atoms with E-state index in [0.717, 1.165) is 17.5 Å². The monoisotopic (exact) mass is 415 g/mol. The van der Waals surface area contributed by atoms with Crippen LogP contribution in [0.4, 0.5) is 0 Å². The minimum absolute atomic E-state index is 0.0262. The number of hydrazine groups is 1. The van der Waals surface area contributed by atoms with Gasteiger partial charge in [-0.25, -0.2) is 0 Å². The summed E-state index contributed by atoms with van der Waals surface area (Å²) in [6.07, 6.45) is 0.906. The van der Waals surface area contributed by atoms with Crippen molar-refractivity contribution in [2.24, 2.45) is 0 Å². The van der Waals surface area contributed by atoms with Crippen molar-refractivity contribution in [3.63, 3.8) is 0 Å². The van der Waals surface area contributed by atoms with E-state index >= 15 is 0 Å². The maximum Gasteiger partial charge on any atom is 0.276 e. The molecule has 0 saturated carbocycles. The fourth-order valence-electron chi connectivity index (χ4n) is 2.46. The Labute approximate surface area is 175 Å². The van der Waals surface area contributed by atoms with E-state index in [9.17, 15) is 9.59 Å².